The van der Waals surface area contributed by atoms with Gasteiger partial charge >= 0.3 is 0 Å². The topological polar surface area (TPSA) is 41.0 Å². The second-order valence-corrected chi connectivity index (χ2v) is 7.27. The maximum atomic E-state index is 4.85. The Labute approximate surface area is 125 Å². The molecule has 110 valence electrons. The molecule has 3 rings (SSSR count). The maximum Gasteiger partial charge on any atom is 0.136 e. The number of hydrogen-bond acceptors (Lipinski definition) is 5. The quantitative estimate of drug-likeness (QED) is 0.923. The number of nitrogens with zero attached hydrogens (tertiary/aromatic N) is 3. The molecule has 1 N–H and O–H groups in total. The Kier molecular flexibility index (Phi) is 4.06. The Morgan fingerprint density at radius 3 is 2.85 bits per heavy atom. The molecule has 1 aliphatic heterocycles. The lowest BCUT2D eigenvalue weighted by molar-refractivity contribution is 0.618. The van der Waals surface area contributed by atoms with Gasteiger partial charge in [-0.3, -0.25) is 0 Å². The fraction of sp³-hybridized carbons (Fsp3) is 0.733. The van der Waals surface area contributed by atoms with Crippen molar-refractivity contribution in [3.63, 3.8) is 0 Å². The molecule has 2 heterocycles. The van der Waals surface area contributed by atoms with Gasteiger partial charge in [0.15, 0.2) is 0 Å². The first-order valence-corrected chi connectivity index (χ1v) is 8.75. The van der Waals surface area contributed by atoms with Crippen LogP contribution in [0.1, 0.15) is 45.4 Å². The molecule has 0 radical (unpaired) electrons. The predicted octanol–water partition coefficient (Wildman–Crippen LogP) is 3.12. The van der Waals surface area contributed by atoms with Crippen LogP contribution >= 0.6 is 11.8 Å². The van der Waals surface area contributed by atoms with Gasteiger partial charge in [0, 0.05) is 42.1 Å². The van der Waals surface area contributed by atoms with Gasteiger partial charge in [-0.05, 0) is 26.7 Å². The molecular weight excluding hydrogens is 268 g/mol. The lowest BCUT2D eigenvalue weighted by Crippen LogP contribution is -2.45. The standard InChI is InChI=1S/C15H24N4S/c1-4-16-13-9-14(18-15(17-13)12-5-6-12)19-7-8-20-11(3)10(19)2/h9-12H,4-8H2,1-3H3,(H,16,17,18). The number of anilines is 2. The minimum atomic E-state index is 0.533. The molecule has 5 heteroatoms. The summed E-state index contributed by atoms with van der Waals surface area (Å²) in [5, 5.41) is 4.01. The normalized spacial score (nSPS) is 26.6. The van der Waals surface area contributed by atoms with Crippen LogP contribution in [0, 0.1) is 0 Å². The van der Waals surface area contributed by atoms with E-state index in [2.05, 4.69) is 53.8 Å². The van der Waals surface area contributed by atoms with Gasteiger partial charge in [0.2, 0.25) is 0 Å². The number of rotatable bonds is 4. The van der Waals surface area contributed by atoms with E-state index in [0.717, 1.165) is 30.5 Å². The summed E-state index contributed by atoms with van der Waals surface area (Å²) in [7, 11) is 0. The Balaban J connectivity index is 1.90. The fourth-order valence-corrected chi connectivity index (χ4v) is 3.75. The summed E-state index contributed by atoms with van der Waals surface area (Å²) in [5.41, 5.74) is 0. The van der Waals surface area contributed by atoms with Crippen molar-refractivity contribution in [1.29, 1.82) is 0 Å². The first-order chi connectivity index (χ1) is 9.69. The first-order valence-electron chi connectivity index (χ1n) is 7.70. The highest BCUT2D eigenvalue weighted by Gasteiger charge is 2.30. The van der Waals surface area contributed by atoms with Crippen molar-refractivity contribution < 1.29 is 0 Å². The van der Waals surface area contributed by atoms with E-state index >= 15 is 0 Å². The molecule has 1 aromatic rings. The van der Waals surface area contributed by atoms with Gasteiger partial charge in [-0.25, -0.2) is 9.97 Å². The zero-order chi connectivity index (χ0) is 14.1. The van der Waals surface area contributed by atoms with Gasteiger partial charge in [0.05, 0.1) is 0 Å². The van der Waals surface area contributed by atoms with Crippen LogP contribution in [0.3, 0.4) is 0 Å². The third-order valence-corrected chi connectivity index (χ3v) is 5.55. The Bertz CT molecular complexity index is 475. The molecule has 2 unspecified atom stereocenters. The molecule has 1 aromatic heterocycles. The van der Waals surface area contributed by atoms with Crippen molar-refractivity contribution >= 4 is 23.4 Å². The van der Waals surface area contributed by atoms with E-state index < -0.39 is 0 Å². The van der Waals surface area contributed by atoms with Gasteiger partial charge in [-0.2, -0.15) is 11.8 Å². The van der Waals surface area contributed by atoms with E-state index in [0.29, 0.717) is 17.2 Å². The van der Waals surface area contributed by atoms with Crippen LogP contribution in [0.5, 0.6) is 0 Å². The summed E-state index contributed by atoms with van der Waals surface area (Å²) in [6.45, 7) is 8.73. The molecule has 0 aromatic carbocycles. The van der Waals surface area contributed by atoms with E-state index in [1.54, 1.807) is 0 Å². The highest BCUT2D eigenvalue weighted by Crippen LogP contribution is 2.39. The SMILES string of the molecule is CCNc1cc(N2CCSC(C)C2C)nc(C2CC2)n1. The van der Waals surface area contributed by atoms with E-state index in [9.17, 15) is 0 Å². The van der Waals surface area contributed by atoms with Gasteiger partial charge in [0.1, 0.15) is 17.5 Å². The minimum Gasteiger partial charge on any atom is -0.370 e. The maximum absolute atomic E-state index is 4.85. The van der Waals surface area contributed by atoms with Crippen molar-refractivity contribution in [2.45, 2.75) is 50.8 Å². The molecule has 0 amide bonds. The molecule has 4 nitrogen and oxygen atoms in total. The van der Waals surface area contributed by atoms with Crippen molar-refractivity contribution in [3.05, 3.63) is 11.9 Å². The number of nitrogens with one attached hydrogen (secondary N) is 1. The fourth-order valence-electron chi connectivity index (χ4n) is 2.65. The third kappa shape index (κ3) is 2.87. The lowest BCUT2D eigenvalue weighted by atomic mass is 10.2. The summed E-state index contributed by atoms with van der Waals surface area (Å²) < 4.78 is 0. The Morgan fingerprint density at radius 2 is 2.15 bits per heavy atom. The number of aromatic nitrogens is 2. The first kappa shape index (κ1) is 14.0. The molecule has 1 saturated carbocycles. The van der Waals surface area contributed by atoms with Crippen molar-refractivity contribution in [3.8, 4) is 0 Å². The van der Waals surface area contributed by atoms with Crippen LogP contribution in [0.25, 0.3) is 0 Å². The van der Waals surface area contributed by atoms with Gasteiger partial charge in [-0.15, -0.1) is 0 Å². The number of hydrogen-bond donors (Lipinski definition) is 1. The molecule has 0 bridgehead atoms. The predicted molar refractivity (Wildman–Crippen MR) is 86.9 cm³/mol. The average Bonchev–Trinajstić information content (AvgIpc) is 3.26. The average molecular weight is 292 g/mol. The van der Waals surface area contributed by atoms with E-state index in [1.807, 2.05) is 0 Å². The summed E-state index contributed by atoms with van der Waals surface area (Å²) >= 11 is 2.06. The molecule has 20 heavy (non-hydrogen) atoms. The van der Waals surface area contributed by atoms with Gasteiger partial charge in [0.25, 0.3) is 0 Å². The van der Waals surface area contributed by atoms with Crippen LogP contribution in [0.15, 0.2) is 6.07 Å². The minimum absolute atomic E-state index is 0.533. The number of thioether (sulfide) groups is 1. The van der Waals surface area contributed by atoms with E-state index in [-0.39, 0.29) is 0 Å². The van der Waals surface area contributed by atoms with Crippen LogP contribution in [0.2, 0.25) is 0 Å². The van der Waals surface area contributed by atoms with E-state index in [1.165, 1.54) is 18.6 Å². The molecule has 0 spiro atoms. The Hall–Kier alpha value is -0.970. The highest BCUT2D eigenvalue weighted by molar-refractivity contribution is 8.00. The van der Waals surface area contributed by atoms with Crippen LogP contribution in [-0.2, 0) is 0 Å². The van der Waals surface area contributed by atoms with Crippen molar-refractivity contribution in [1.82, 2.24) is 9.97 Å². The summed E-state index contributed by atoms with van der Waals surface area (Å²) in [4.78, 5) is 12.0. The summed E-state index contributed by atoms with van der Waals surface area (Å²) in [5.74, 6) is 4.91. The van der Waals surface area contributed by atoms with Crippen LogP contribution < -0.4 is 10.2 Å². The third-order valence-electron chi connectivity index (χ3n) is 4.21. The molecule has 1 aliphatic carbocycles. The monoisotopic (exact) mass is 292 g/mol. The zero-order valence-corrected chi connectivity index (χ0v) is 13.4. The van der Waals surface area contributed by atoms with Crippen LogP contribution in [-0.4, -0.2) is 40.1 Å². The largest absolute Gasteiger partial charge is 0.370 e. The molecule has 2 aliphatic rings. The highest BCUT2D eigenvalue weighted by atomic mass is 32.2. The smallest absolute Gasteiger partial charge is 0.136 e. The molecule has 2 fully saturated rings. The molecular formula is C15H24N4S. The zero-order valence-electron chi connectivity index (χ0n) is 12.6. The molecule has 1 saturated heterocycles. The second kappa shape index (κ2) is 5.80. The Morgan fingerprint density at radius 1 is 1.35 bits per heavy atom. The van der Waals surface area contributed by atoms with Crippen molar-refractivity contribution in [2.24, 2.45) is 0 Å². The summed E-state index contributed by atoms with van der Waals surface area (Å²) in [6, 6.07) is 2.65. The lowest BCUT2D eigenvalue weighted by Gasteiger charge is -2.38. The van der Waals surface area contributed by atoms with E-state index in [4.69, 9.17) is 4.98 Å². The van der Waals surface area contributed by atoms with Gasteiger partial charge in [-0.1, -0.05) is 6.92 Å². The molecule has 2 atom stereocenters. The van der Waals surface area contributed by atoms with Crippen molar-refractivity contribution in [2.75, 3.05) is 29.1 Å². The summed E-state index contributed by atoms with van der Waals surface area (Å²) in [6.07, 6.45) is 2.49. The van der Waals surface area contributed by atoms with Gasteiger partial charge < -0.3 is 10.2 Å². The van der Waals surface area contributed by atoms with Crippen LogP contribution in [0.4, 0.5) is 11.6 Å². The second-order valence-electron chi connectivity index (χ2n) is 5.78.